The Bertz CT molecular complexity index is 1070. The molecule has 2 heterocycles. The number of pyridine rings is 1. The molecule has 9 heteroatoms. The van der Waals surface area contributed by atoms with E-state index in [1.54, 1.807) is 50.4 Å². The lowest BCUT2D eigenvalue weighted by Crippen LogP contribution is -2.53. The first-order chi connectivity index (χ1) is 16.2. The zero-order chi connectivity index (χ0) is 24.9. The summed E-state index contributed by atoms with van der Waals surface area (Å²) >= 11 is 0. The van der Waals surface area contributed by atoms with Crippen molar-refractivity contribution >= 4 is 23.5 Å². The molecular weight excluding hydrogens is 436 g/mol. The third-order valence-corrected chi connectivity index (χ3v) is 5.94. The minimum Gasteiger partial charge on any atom is -0.349 e. The van der Waals surface area contributed by atoms with E-state index in [-0.39, 0.29) is 11.3 Å². The number of hydrazine groups is 1. The third kappa shape index (κ3) is 5.09. The fourth-order valence-electron chi connectivity index (χ4n) is 3.53. The van der Waals surface area contributed by atoms with Crippen molar-refractivity contribution in [3.05, 3.63) is 71.7 Å². The molecule has 0 spiro atoms. The number of likely N-dealkylation sites (N-methyl/N-ethyl adjacent to an activating group) is 2. The summed E-state index contributed by atoms with van der Waals surface area (Å²) in [6, 6.07) is 12.0. The largest absolute Gasteiger partial charge is 0.386 e. The summed E-state index contributed by atoms with van der Waals surface area (Å²) in [6.45, 7) is 7.44. The number of carbonyl (C=O) groups excluding carboxylic acids is 3. The van der Waals surface area contributed by atoms with Crippen LogP contribution in [0.5, 0.6) is 0 Å². The highest BCUT2D eigenvalue weighted by Gasteiger charge is 2.43. The number of rotatable bonds is 7. The quantitative estimate of drug-likeness (QED) is 0.488. The molecule has 0 radical (unpaired) electrons. The highest BCUT2D eigenvalue weighted by atomic mass is 17.2. The summed E-state index contributed by atoms with van der Waals surface area (Å²) in [6.07, 6.45) is 3.64. The third-order valence-electron chi connectivity index (χ3n) is 5.94. The average molecular weight is 467 g/mol. The van der Waals surface area contributed by atoms with Crippen molar-refractivity contribution in [2.24, 2.45) is 5.41 Å². The normalized spacial score (nSPS) is 16.9. The van der Waals surface area contributed by atoms with Crippen molar-refractivity contribution in [2.75, 3.05) is 18.9 Å². The van der Waals surface area contributed by atoms with E-state index in [1.807, 2.05) is 44.2 Å². The fraction of sp³-hybridized carbons (Fsp3) is 0.360. The van der Waals surface area contributed by atoms with E-state index < -0.39 is 29.3 Å². The molecule has 1 aliphatic rings. The lowest BCUT2D eigenvalue weighted by molar-refractivity contribution is -0.263. The Labute approximate surface area is 199 Å². The molecule has 1 unspecified atom stereocenters. The van der Waals surface area contributed by atoms with Crippen molar-refractivity contribution in [1.82, 2.24) is 15.0 Å². The molecule has 1 atom stereocenters. The van der Waals surface area contributed by atoms with Gasteiger partial charge in [-0.1, -0.05) is 37.3 Å². The van der Waals surface area contributed by atoms with Gasteiger partial charge in [-0.15, -0.1) is 0 Å². The second kappa shape index (κ2) is 10.5. The standard InChI is InChI=1S/C25H30N4O5/c1-6-25(3,4)24(32)34-33-23(31)19-20(27-18-14-11-15-26-16-18)22(30)29(7-2)28(5)21(19)17-12-9-8-10-13-17/h8-16,21,27H,6-7H2,1-5H3. The molecule has 1 aromatic heterocycles. The molecule has 0 aliphatic carbocycles. The van der Waals surface area contributed by atoms with Crippen LogP contribution < -0.4 is 5.32 Å². The van der Waals surface area contributed by atoms with Crippen LogP contribution in [-0.2, 0) is 24.2 Å². The van der Waals surface area contributed by atoms with Crippen molar-refractivity contribution in [2.45, 2.75) is 40.2 Å². The molecule has 0 fully saturated rings. The van der Waals surface area contributed by atoms with Gasteiger partial charge in [0.05, 0.1) is 28.9 Å². The van der Waals surface area contributed by atoms with Crippen LogP contribution >= 0.6 is 0 Å². The highest BCUT2D eigenvalue weighted by Crippen LogP contribution is 2.37. The second-order valence-electron chi connectivity index (χ2n) is 8.54. The monoisotopic (exact) mass is 466 g/mol. The molecule has 2 aromatic rings. The summed E-state index contributed by atoms with van der Waals surface area (Å²) in [5.74, 6) is -2.03. The number of hydrogen-bond donors (Lipinski definition) is 1. The van der Waals surface area contributed by atoms with Gasteiger partial charge in [-0.2, -0.15) is 0 Å². The van der Waals surface area contributed by atoms with Gasteiger partial charge in [0.25, 0.3) is 5.91 Å². The first-order valence-electron chi connectivity index (χ1n) is 11.1. The zero-order valence-electron chi connectivity index (χ0n) is 20.1. The van der Waals surface area contributed by atoms with Crippen molar-refractivity contribution < 1.29 is 24.2 Å². The van der Waals surface area contributed by atoms with E-state index >= 15 is 0 Å². The summed E-state index contributed by atoms with van der Waals surface area (Å²) in [5, 5.41) is 6.24. The van der Waals surface area contributed by atoms with Crippen LogP contribution in [0.3, 0.4) is 0 Å². The van der Waals surface area contributed by atoms with Gasteiger partial charge in [0, 0.05) is 19.8 Å². The Morgan fingerprint density at radius 1 is 1.09 bits per heavy atom. The smallest absolute Gasteiger partial charge is 0.349 e. The molecule has 3 rings (SSSR count). The maximum absolute atomic E-state index is 13.4. The Balaban J connectivity index is 2.10. The SMILES string of the molecule is CCN1C(=O)C(Nc2cccnc2)=C(C(=O)OOC(=O)C(C)(C)CC)C(c2ccccc2)N1C. The number of anilines is 1. The van der Waals surface area contributed by atoms with Crippen LogP contribution in [0.25, 0.3) is 0 Å². The molecule has 9 nitrogen and oxygen atoms in total. The van der Waals surface area contributed by atoms with E-state index in [2.05, 4.69) is 10.3 Å². The van der Waals surface area contributed by atoms with Gasteiger partial charge in [0.1, 0.15) is 5.70 Å². The molecular formula is C25H30N4O5. The Hall–Kier alpha value is -3.72. The topological polar surface area (TPSA) is 101 Å². The number of amides is 1. The Morgan fingerprint density at radius 2 is 1.79 bits per heavy atom. The average Bonchev–Trinajstić information content (AvgIpc) is 2.85. The van der Waals surface area contributed by atoms with Gasteiger partial charge >= 0.3 is 11.9 Å². The lowest BCUT2D eigenvalue weighted by Gasteiger charge is -2.42. The van der Waals surface area contributed by atoms with Gasteiger partial charge in [-0.3, -0.25) is 14.8 Å². The van der Waals surface area contributed by atoms with Gasteiger partial charge in [-0.25, -0.2) is 24.4 Å². The molecule has 0 saturated carbocycles. The molecule has 1 aromatic carbocycles. The first-order valence-corrected chi connectivity index (χ1v) is 11.1. The maximum atomic E-state index is 13.4. The van der Waals surface area contributed by atoms with Gasteiger partial charge in [0.2, 0.25) is 0 Å². The van der Waals surface area contributed by atoms with E-state index in [1.165, 1.54) is 5.01 Å². The predicted octanol–water partition coefficient (Wildman–Crippen LogP) is 3.64. The van der Waals surface area contributed by atoms with Crippen LogP contribution in [0.15, 0.2) is 66.1 Å². The minimum atomic E-state index is -0.934. The van der Waals surface area contributed by atoms with Gasteiger partial charge in [-0.05, 0) is 44.9 Å². The number of nitrogens with zero attached hydrogens (tertiary/aromatic N) is 3. The highest BCUT2D eigenvalue weighted by molar-refractivity contribution is 6.06. The zero-order valence-corrected chi connectivity index (χ0v) is 20.1. The Kier molecular flexibility index (Phi) is 7.68. The summed E-state index contributed by atoms with van der Waals surface area (Å²) in [5.41, 5.74) is 0.496. The predicted molar refractivity (Wildman–Crippen MR) is 125 cm³/mol. The van der Waals surface area contributed by atoms with E-state index in [4.69, 9.17) is 9.78 Å². The van der Waals surface area contributed by atoms with Crippen LogP contribution in [-0.4, -0.2) is 46.4 Å². The summed E-state index contributed by atoms with van der Waals surface area (Å²) < 4.78 is 0. The van der Waals surface area contributed by atoms with Crippen molar-refractivity contribution in [1.29, 1.82) is 0 Å². The number of aromatic nitrogens is 1. The molecule has 0 saturated heterocycles. The lowest BCUT2D eigenvalue weighted by atomic mass is 9.91. The number of carbonyl (C=O) groups is 3. The van der Waals surface area contributed by atoms with Crippen LogP contribution in [0.2, 0.25) is 0 Å². The summed E-state index contributed by atoms with van der Waals surface area (Å²) in [7, 11) is 1.72. The fourth-order valence-corrected chi connectivity index (χ4v) is 3.53. The molecule has 1 N–H and O–H groups in total. The van der Waals surface area contributed by atoms with E-state index in [9.17, 15) is 14.4 Å². The van der Waals surface area contributed by atoms with Crippen LogP contribution in [0, 0.1) is 5.41 Å². The second-order valence-corrected chi connectivity index (χ2v) is 8.54. The maximum Gasteiger partial charge on any atom is 0.386 e. The number of benzene rings is 1. The number of hydrogen-bond acceptors (Lipinski definition) is 8. The van der Waals surface area contributed by atoms with Crippen LogP contribution in [0.4, 0.5) is 5.69 Å². The molecule has 1 aliphatic heterocycles. The molecule has 1 amide bonds. The van der Waals surface area contributed by atoms with E-state index in [0.717, 1.165) is 5.56 Å². The van der Waals surface area contributed by atoms with Crippen molar-refractivity contribution in [3.63, 3.8) is 0 Å². The van der Waals surface area contributed by atoms with Crippen molar-refractivity contribution in [3.8, 4) is 0 Å². The first kappa shape index (κ1) is 24.9. The van der Waals surface area contributed by atoms with Crippen LogP contribution in [0.1, 0.15) is 45.7 Å². The molecule has 0 bridgehead atoms. The van der Waals surface area contributed by atoms with E-state index in [0.29, 0.717) is 18.7 Å². The number of nitrogens with one attached hydrogen (secondary N) is 1. The van der Waals surface area contributed by atoms with Gasteiger partial charge < -0.3 is 5.32 Å². The van der Waals surface area contributed by atoms with Gasteiger partial charge in [0.15, 0.2) is 0 Å². The molecule has 34 heavy (non-hydrogen) atoms. The summed E-state index contributed by atoms with van der Waals surface area (Å²) in [4.78, 5) is 53.2. The molecule has 180 valence electrons. The Morgan fingerprint density at radius 3 is 2.38 bits per heavy atom. The minimum absolute atomic E-state index is 0.0226.